The van der Waals surface area contributed by atoms with Gasteiger partial charge in [-0.15, -0.1) is 0 Å². The Morgan fingerprint density at radius 1 is 1.12 bits per heavy atom. The Morgan fingerprint density at radius 3 is 2.44 bits per heavy atom. The molecule has 5 heteroatoms. The number of hydrogen-bond donors (Lipinski definition) is 0. The molecule has 0 N–H and O–H groups in total. The summed E-state index contributed by atoms with van der Waals surface area (Å²) in [6.45, 7) is 6.79. The van der Waals surface area contributed by atoms with Crippen LogP contribution in [0.15, 0.2) is 0 Å². The number of hydrogen-bond acceptors (Lipinski definition) is 4. The van der Waals surface area contributed by atoms with Crippen LogP contribution >= 0.6 is 15.9 Å². The van der Waals surface area contributed by atoms with Gasteiger partial charge in [0, 0.05) is 25.0 Å². The summed E-state index contributed by atoms with van der Waals surface area (Å²) >= 11 is 3.62. The van der Waals surface area contributed by atoms with Crippen molar-refractivity contribution in [1.29, 1.82) is 0 Å². The predicted octanol–water partition coefficient (Wildman–Crippen LogP) is 1.14. The summed E-state index contributed by atoms with van der Waals surface area (Å²) in [5, 5.41) is 0. The molecule has 16 heavy (non-hydrogen) atoms. The minimum absolute atomic E-state index is 0.650. The van der Waals surface area contributed by atoms with Crippen LogP contribution in [0.1, 0.15) is 6.42 Å². The number of likely N-dealkylation sites (tertiary alicyclic amines) is 1. The van der Waals surface area contributed by atoms with E-state index in [0.29, 0.717) is 31.3 Å². The summed E-state index contributed by atoms with van der Waals surface area (Å²) < 4.78 is 15.7. The van der Waals surface area contributed by atoms with Crippen molar-refractivity contribution in [3.63, 3.8) is 0 Å². The Morgan fingerprint density at radius 2 is 1.81 bits per heavy atom. The van der Waals surface area contributed by atoms with Gasteiger partial charge in [0.15, 0.2) is 0 Å². The number of nitrogens with zero attached hydrogens (tertiary/aromatic N) is 1. The summed E-state index contributed by atoms with van der Waals surface area (Å²) in [6.07, 6.45) is 1.25. The summed E-state index contributed by atoms with van der Waals surface area (Å²) in [4.78, 5) is 3.09. The van der Waals surface area contributed by atoms with Crippen LogP contribution in [-0.4, -0.2) is 69.5 Å². The van der Waals surface area contributed by atoms with Crippen molar-refractivity contribution in [2.24, 2.45) is 0 Å². The molecule has 4 nitrogen and oxygen atoms in total. The van der Waals surface area contributed by atoms with Crippen LogP contribution in [0, 0.1) is 0 Å². The molecule has 96 valence electrons. The first kappa shape index (κ1) is 14.4. The lowest BCUT2D eigenvalue weighted by atomic mass is 10.4. The zero-order valence-corrected chi connectivity index (χ0v) is 11.6. The van der Waals surface area contributed by atoms with Crippen molar-refractivity contribution in [1.82, 2.24) is 4.90 Å². The maximum Gasteiger partial charge on any atom is 0.0701 e. The lowest BCUT2D eigenvalue weighted by Gasteiger charge is -2.14. The average molecular weight is 296 g/mol. The minimum Gasteiger partial charge on any atom is -0.382 e. The molecule has 0 aromatic rings. The lowest BCUT2D eigenvalue weighted by molar-refractivity contribution is 0.0208. The molecular formula is C11H22BrNO3. The molecule has 0 aliphatic carbocycles. The zero-order valence-electron chi connectivity index (χ0n) is 9.99. The van der Waals surface area contributed by atoms with Gasteiger partial charge in [-0.3, -0.25) is 4.90 Å². The lowest BCUT2D eigenvalue weighted by Crippen LogP contribution is -2.25. The second kappa shape index (κ2) is 9.36. The maximum atomic E-state index is 5.49. The van der Waals surface area contributed by atoms with Gasteiger partial charge >= 0.3 is 0 Å². The van der Waals surface area contributed by atoms with Gasteiger partial charge in [-0.05, 0) is 13.0 Å². The van der Waals surface area contributed by atoms with Gasteiger partial charge in [0.1, 0.15) is 0 Å². The summed E-state index contributed by atoms with van der Waals surface area (Å²) in [6, 6.07) is 0. The SMILES string of the molecule is COCCOCCOCCN1CCC(Br)C1. The fraction of sp³-hybridized carbons (Fsp3) is 1.00. The van der Waals surface area contributed by atoms with Gasteiger partial charge in [-0.25, -0.2) is 0 Å². The first-order valence-corrected chi connectivity index (χ1v) is 6.75. The molecule has 1 saturated heterocycles. The molecule has 0 spiro atoms. The van der Waals surface area contributed by atoms with E-state index in [9.17, 15) is 0 Å². The molecule has 0 aromatic carbocycles. The maximum absolute atomic E-state index is 5.49. The van der Waals surface area contributed by atoms with E-state index in [1.165, 1.54) is 13.0 Å². The van der Waals surface area contributed by atoms with Crippen molar-refractivity contribution in [2.75, 3.05) is 59.8 Å². The Kier molecular flexibility index (Phi) is 8.41. The molecular weight excluding hydrogens is 274 g/mol. The van der Waals surface area contributed by atoms with Crippen molar-refractivity contribution < 1.29 is 14.2 Å². The molecule has 0 saturated carbocycles. The van der Waals surface area contributed by atoms with Gasteiger partial charge in [0.05, 0.1) is 33.0 Å². The predicted molar refractivity (Wildman–Crippen MR) is 67.3 cm³/mol. The van der Waals surface area contributed by atoms with Gasteiger partial charge < -0.3 is 14.2 Å². The Hall–Kier alpha value is 0.320. The highest BCUT2D eigenvalue weighted by molar-refractivity contribution is 9.09. The summed E-state index contributed by atoms with van der Waals surface area (Å²) in [5.74, 6) is 0. The smallest absolute Gasteiger partial charge is 0.0701 e. The van der Waals surface area contributed by atoms with Crippen LogP contribution in [0.2, 0.25) is 0 Å². The number of methoxy groups -OCH3 is 1. The highest BCUT2D eigenvalue weighted by atomic mass is 79.9. The van der Waals surface area contributed by atoms with Crippen LogP contribution in [0.5, 0.6) is 0 Å². The zero-order chi connectivity index (χ0) is 11.6. The second-order valence-electron chi connectivity index (χ2n) is 3.90. The van der Waals surface area contributed by atoms with Crippen molar-refractivity contribution in [3.05, 3.63) is 0 Å². The molecule has 1 heterocycles. The third-order valence-corrected chi connectivity index (χ3v) is 3.32. The Bertz CT molecular complexity index is 171. The van der Waals surface area contributed by atoms with Crippen molar-refractivity contribution in [2.45, 2.75) is 11.2 Å². The molecule has 1 aliphatic heterocycles. The van der Waals surface area contributed by atoms with Gasteiger partial charge in [-0.2, -0.15) is 0 Å². The number of halogens is 1. The van der Waals surface area contributed by atoms with E-state index in [4.69, 9.17) is 14.2 Å². The van der Waals surface area contributed by atoms with Crippen LogP contribution in [0.25, 0.3) is 0 Å². The van der Waals surface area contributed by atoms with E-state index in [0.717, 1.165) is 19.7 Å². The fourth-order valence-electron chi connectivity index (χ4n) is 1.65. The van der Waals surface area contributed by atoms with E-state index < -0.39 is 0 Å². The summed E-state index contributed by atoms with van der Waals surface area (Å²) in [7, 11) is 1.67. The molecule has 0 amide bonds. The van der Waals surface area contributed by atoms with Gasteiger partial charge in [-0.1, -0.05) is 15.9 Å². The van der Waals surface area contributed by atoms with Gasteiger partial charge in [0.2, 0.25) is 0 Å². The van der Waals surface area contributed by atoms with E-state index in [1.54, 1.807) is 7.11 Å². The third kappa shape index (κ3) is 6.81. The van der Waals surface area contributed by atoms with E-state index in [2.05, 4.69) is 20.8 Å². The average Bonchev–Trinajstić information content (AvgIpc) is 2.68. The van der Waals surface area contributed by atoms with E-state index in [1.807, 2.05) is 0 Å². The normalized spacial score (nSPS) is 21.8. The Labute approximate surface area is 106 Å². The molecule has 1 aliphatic rings. The largest absolute Gasteiger partial charge is 0.382 e. The van der Waals surface area contributed by atoms with Gasteiger partial charge in [0.25, 0.3) is 0 Å². The molecule has 0 aromatic heterocycles. The Balaban J connectivity index is 1.78. The van der Waals surface area contributed by atoms with E-state index >= 15 is 0 Å². The molecule has 1 unspecified atom stereocenters. The van der Waals surface area contributed by atoms with Crippen LogP contribution in [-0.2, 0) is 14.2 Å². The molecule has 0 radical (unpaired) electrons. The quantitative estimate of drug-likeness (QED) is 0.471. The minimum atomic E-state index is 0.650. The molecule has 1 atom stereocenters. The first-order chi connectivity index (χ1) is 7.83. The molecule has 1 rings (SSSR count). The molecule has 0 bridgehead atoms. The third-order valence-electron chi connectivity index (χ3n) is 2.57. The van der Waals surface area contributed by atoms with Crippen molar-refractivity contribution in [3.8, 4) is 0 Å². The topological polar surface area (TPSA) is 30.9 Å². The van der Waals surface area contributed by atoms with Crippen LogP contribution < -0.4 is 0 Å². The standard InChI is InChI=1S/C11H22BrNO3/c1-14-6-7-16-9-8-15-5-4-13-3-2-11(12)10-13/h11H,2-10H2,1H3. The molecule has 1 fully saturated rings. The van der Waals surface area contributed by atoms with Crippen LogP contribution in [0.4, 0.5) is 0 Å². The first-order valence-electron chi connectivity index (χ1n) is 5.84. The monoisotopic (exact) mass is 295 g/mol. The van der Waals surface area contributed by atoms with Crippen LogP contribution in [0.3, 0.4) is 0 Å². The van der Waals surface area contributed by atoms with Crippen molar-refractivity contribution >= 4 is 15.9 Å². The summed E-state index contributed by atoms with van der Waals surface area (Å²) in [5.41, 5.74) is 0. The highest BCUT2D eigenvalue weighted by Crippen LogP contribution is 2.15. The fourth-order valence-corrected chi connectivity index (χ4v) is 2.26. The highest BCUT2D eigenvalue weighted by Gasteiger charge is 2.18. The second-order valence-corrected chi connectivity index (χ2v) is 5.20. The number of ether oxygens (including phenoxy) is 3. The van der Waals surface area contributed by atoms with E-state index in [-0.39, 0.29) is 0 Å². The number of rotatable bonds is 9. The number of alkyl halides is 1.